The number of ketones is 2. The topological polar surface area (TPSA) is 61.8 Å². The van der Waals surface area contributed by atoms with Crippen molar-refractivity contribution in [2.75, 3.05) is 7.11 Å². The lowest BCUT2D eigenvalue weighted by Crippen LogP contribution is -2.01. The van der Waals surface area contributed by atoms with Gasteiger partial charge in [0, 0.05) is 16.7 Å². The van der Waals surface area contributed by atoms with Crippen LogP contribution < -0.4 is 14.2 Å². The smallest absolute Gasteiger partial charge is 0.193 e. The van der Waals surface area contributed by atoms with Crippen molar-refractivity contribution >= 4 is 11.6 Å². The number of Topliss-reactive ketones (excluding diaryl/α,β-unsaturated/α-hetero) is 1. The number of carbonyl (C=O) groups is 2. The average Bonchev–Trinajstić information content (AvgIpc) is 3.00. The van der Waals surface area contributed by atoms with E-state index in [0.29, 0.717) is 22.4 Å². The molecule has 0 N–H and O–H groups in total. The van der Waals surface area contributed by atoms with Crippen molar-refractivity contribution in [1.29, 1.82) is 0 Å². The summed E-state index contributed by atoms with van der Waals surface area (Å²) in [5.74, 6) is 3.77. The van der Waals surface area contributed by atoms with Gasteiger partial charge in [0.25, 0.3) is 0 Å². The summed E-state index contributed by atoms with van der Waals surface area (Å²) in [5, 5.41) is 0. The van der Waals surface area contributed by atoms with Gasteiger partial charge in [0.2, 0.25) is 0 Å². The minimum Gasteiger partial charge on any atom is -0.497 e. The van der Waals surface area contributed by atoms with E-state index in [9.17, 15) is 9.59 Å². The van der Waals surface area contributed by atoms with Crippen LogP contribution >= 0.6 is 0 Å². The highest BCUT2D eigenvalue weighted by Gasteiger charge is 2.09. The summed E-state index contributed by atoms with van der Waals surface area (Å²) >= 11 is 0. The molecular weight excluding hydrogens is 512 g/mol. The van der Waals surface area contributed by atoms with Crippen LogP contribution in [0, 0.1) is 13.8 Å². The van der Waals surface area contributed by atoms with Crippen molar-refractivity contribution in [2.24, 2.45) is 0 Å². The molecule has 0 amide bonds. The molecule has 0 bridgehead atoms. The first-order chi connectivity index (χ1) is 19.8. The van der Waals surface area contributed by atoms with Gasteiger partial charge in [-0.3, -0.25) is 9.59 Å². The van der Waals surface area contributed by atoms with Crippen molar-refractivity contribution in [2.45, 2.75) is 20.8 Å². The monoisotopic (exact) mass is 544 g/mol. The maximum absolute atomic E-state index is 12.5. The molecule has 0 aliphatic rings. The molecule has 206 valence electrons. The summed E-state index contributed by atoms with van der Waals surface area (Å²) in [6.45, 7) is 5.62. The minimum atomic E-state index is -0.0282. The standard InChI is InChI=1S/C21H18O3.C15H14O2/c1-15-3-9-19(10-4-15)24-20-13-7-17(8-14-20)21(22)16-5-11-18(23-2)12-6-16;1-11-3-7-14(8-4-11)17-15-9-5-13(6-10-15)12(2)16/h3-14H,1-2H3;3-10H,1-2H3. The van der Waals surface area contributed by atoms with Crippen LogP contribution in [0.2, 0.25) is 0 Å². The van der Waals surface area contributed by atoms with Gasteiger partial charge in [0.1, 0.15) is 28.7 Å². The van der Waals surface area contributed by atoms with Crippen molar-refractivity contribution in [3.63, 3.8) is 0 Å². The molecule has 0 spiro atoms. The van der Waals surface area contributed by atoms with Crippen LogP contribution in [-0.2, 0) is 0 Å². The molecule has 0 atom stereocenters. The Morgan fingerprint density at radius 2 is 0.732 bits per heavy atom. The zero-order valence-corrected chi connectivity index (χ0v) is 23.6. The number of hydrogen-bond donors (Lipinski definition) is 0. The molecule has 5 rings (SSSR count). The largest absolute Gasteiger partial charge is 0.497 e. The van der Waals surface area contributed by atoms with Gasteiger partial charge >= 0.3 is 0 Å². The third kappa shape index (κ3) is 8.41. The van der Waals surface area contributed by atoms with Gasteiger partial charge in [-0.2, -0.15) is 0 Å². The molecule has 0 fully saturated rings. The van der Waals surface area contributed by atoms with Crippen LogP contribution in [0.15, 0.2) is 121 Å². The Morgan fingerprint density at radius 1 is 0.439 bits per heavy atom. The van der Waals surface area contributed by atoms with Crippen molar-refractivity contribution in [3.8, 4) is 28.7 Å². The van der Waals surface area contributed by atoms with Crippen molar-refractivity contribution in [1.82, 2.24) is 0 Å². The minimum absolute atomic E-state index is 0.0282. The van der Waals surface area contributed by atoms with Crippen LogP contribution in [0.4, 0.5) is 0 Å². The summed E-state index contributed by atoms with van der Waals surface area (Å²) < 4.78 is 16.5. The van der Waals surface area contributed by atoms with Crippen LogP contribution in [0.1, 0.15) is 44.3 Å². The fourth-order valence-corrected chi connectivity index (χ4v) is 3.83. The highest BCUT2D eigenvalue weighted by molar-refractivity contribution is 6.09. The zero-order valence-electron chi connectivity index (χ0n) is 23.6. The Morgan fingerprint density at radius 3 is 1.05 bits per heavy atom. The SMILES string of the molecule is CC(=O)c1ccc(Oc2ccc(C)cc2)cc1.COc1ccc(C(=O)c2ccc(Oc3ccc(C)cc3)cc2)cc1. The average molecular weight is 545 g/mol. The fourth-order valence-electron chi connectivity index (χ4n) is 3.83. The highest BCUT2D eigenvalue weighted by atomic mass is 16.5. The maximum Gasteiger partial charge on any atom is 0.193 e. The van der Waals surface area contributed by atoms with Gasteiger partial charge in [0.15, 0.2) is 11.6 Å². The van der Waals surface area contributed by atoms with Gasteiger partial charge in [-0.15, -0.1) is 0 Å². The van der Waals surface area contributed by atoms with E-state index in [0.717, 1.165) is 23.0 Å². The lowest BCUT2D eigenvalue weighted by atomic mass is 10.0. The molecule has 5 heteroatoms. The van der Waals surface area contributed by atoms with E-state index < -0.39 is 0 Å². The molecule has 0 saturated carbocycles. The molecule has 5 nitrogen and oxygen atoms in total. The molecule has 0 aromatic heterocycles. The summed E-state index contributed by atoms with van der Waals surface area (Å²) in [6.07, 6.45) is 0. The van der Waals surface area contributed by atoms with E-state index in [4.69, 9.17) is 14.2 Å². The quantitative estimate of drug-likeness (QED) is 0.182. The Kier molecular flexibility index (Phi) is 9.68. The van der Waals surface area contributed by atoms with Crippen molar-refractivity contribution in [3.05, 3.63) is 149 Å². The normalized spacial score (nSPS) is 10.1. The molecule has 0 saturated heterocycles. The lowest BCUT2D eigenvalue weighted by molar-refractivity contribution is 0.101. The third-order valence-corrected chi connectivity index (χ3v) is 6.24. The molecule has 0 heterocycles. The number of methoxy groups -OCH3 is 1. The Bertz CT molecular complexity index is 1570. The lowest BCUT2D eigenvalue weighted by Gasteiger charge is -2.07. The Hall–Kier alpha value is -5.16. The summed E-state index contributed by atoms with van der Waals surface area (Å²) in [5.41, 5.74) is 4.33. The summed E-state index contributed by atoms with van der Waals surface area (Å²) in [7, 11) is 1.60. The van der Waals surface area contributed by atoms with Gasteiger partial charge in [0.05, 0.1) is 7.11 Å². The molecule has 41 heavy (non-hydrogen) atoms. The van der Waals surface area contributed by atoms with E-state index in [1.54, 1.807) is 86.8 Å². The van der Waals surface area contributed by atoms with E-state index in [1.165, 1.54) is 11.1 Å². The number of aryl methyl sites for hydroxylation is 2. The van der Waals surface area contributed by atoms with Gasteiger partial charge < -0.3 is 14.2 Å². The first-order valence-electron chi connectivity index (χ1n) is 13.2. The summed E-state index contributed by atoms with van der Waals surface area (Å²) in [4.78, 5) is 23.6. The predicted molar refractivity (Wildman–Crippen MR) is 162 cm³/mol. The second kappa shape index (κ2) is 13.8. The number of hydrogen-bond acceptors (Lipinski definition) is 5. The zero-order chi connectivity index (χ0) is 29.2. The van der Waals surface area contributed by atoms with Gasteiger partial charge in [-0.05, 0) is 118 Å². The summed E-state index contributed by atoms with van der Waals surface area (Å²) in [6, 6.07) is 37.1. The number of rotatable bonds is 8. The third-order valence-electron chi connectivity index (χ3n) is 6.24. The van der Waals surface area contributed by atoms with E-state index >= 15 is 0 Å². The molecule has 5 aromatic carbocycles. The fraction of sp³-hybridized carbons (Fsp3) is 0.111. The van der Waals surface area contributed by atoms with Crippen LogP contribution in [0.5, 0.6) is 28.7 Å². The molecule has 0 radical (unpaired) electrons. The molecule has 0 unspecified atom stereocenters. The van der Waals surface area contributed by atoms with Crippen LogP contribution in [0.3, 0.4) is 0 Å². The predicted octanol–water partition coefficient (Wildman–Crippen LogP) is 9.02. The maximum atomic E-state index is 12.5. The van der Waals surface area contributed by atoms with E-state index in [-0.39, 0.29) is 11.6 Å². The Balaban J connectivity index is 0.000000201. The molecule has 0 aliphatic heterocycles. The molecule has 5 aromatic rings. The Labute approximate surface area is 241 Å². The molecule has 0 aliphatic carbocycles. The second-order valence-corrected chi connectivity index (χ2v) is 9.49. The number of carbonyl (C=O) groups excluding carboxylic acids is 2. The first kappa shape index (κ1) is 28.8. The highest BCUT2D eigenvalue weighted by Crippen LogP contribution is 2.24. The number of benzene rings is 5. The van der Waals surface area contributed by atoms with Gasteiger partial charge in [-0.25, -0.2) is 0 Å². The van der Waals surface area contributed by atoms with Crippen molar-refractivity contribution < 1.29 is 23.8 Å². The van der Waals surface area contributed by atoms with Crippen LogP contribution in [-0.4, -0.2) is 18.7 Å². The van der Waals surface area contributed by atoms with E-state index in [1.807, 2.05) is 62.4 Å². The van der Waals surface area contributed by atoms with Crippen LogP contribution in [0.25, 0.3) is 0 Å². The van der Waals surface area contributed by atoms with Gasteiger partial charge in [-0.1, -0.05) is 35.4 Å². The number of ether oxygens (including phenoxy) is 3. The molecular formula is C36H32O5. The first-order valence-corrected chi connectivity index (χ1v) is 13.2. The van der Waals surface area contributed by atoms with E-state index in [2.05, 4.69) is 0 Å². The second-order valence-electron chi connectivity index (χ2n) is 9.49.